The highest BCUT2D eigenvalue weighted by Crippen LogP contribution is 2.61. The molecule has 1 N–H and O–H groups in total. The molecule has 5 aliphatic rings. The van der Waals surface area contributed by atoms with Gasteiger partial charge in [-0.05, 0) is 68.6 Å². The van der Waals surface area contributed by atoms with Gasteiger partial charge in [-0.25, -0.2) is 0 Å². The molecule has 1 saturated heterocycles. The molecule has 4 saturated carbocycles. The summed E-state index contributed by atoms with van der Waals surface area (Å²) in [5.74, 6) is 4.04. The molecule has 4 bridgehead atoms. The first-order chi connectivity index (χ1) is 14.0. The molecule has 1 aliphatic heterocycles. The molecule has 0 aromatic carbocycles. The van der Waals surface area contributed by atoms with Gasteiger partial charge in [-0.3, -0.25) is 14.5 Å². The number of anilines is 1. The molecule has 0 radical (unpaired) electrons. The van der Waals surface area contributed by atoms with Gasteiger partial charge in [-0.1, -0.05) is 5.16 Å². The molecule has 4 aliphatic carbocycles. The van der Waals surface area contributed by atoms with E-state index in [0.717, 1.165) is 50.4 Å². The molecule has 158 valence electrons. The first kappa shape index (κ1) is 19.1. The van der Waals surface area contributed by atoms with Crippen LogP contribution in [0.3, 0.4) is 0 Å². The van der Waals surface area contributed by atoms with E-state index < -0.39 is 0 Å². The quantitative estimate of drug-likeness (QED) is 0.822. The van der Waals surface area contributed by atoms with Crippen molar-refractivity contribution in [1.82, 2.24) is 15.0 Å². The van der Waals surface area contributed by atoms with Crippen LogP contribution in [0.15, 0.2) is 10.6 Å². The fraction of sp³-hybridized carbons (Fsp3) is 0.773. The summed E-state index contributed by atoms with van der Waals surface area (Å²) in [6.45, 7) is 5.06. The molecule has 2 heterocycles. The number of hydrogen-bond donors (Lipinski definition) is 1. The third-order valence-corrected chi connectivity index (χ3v) is 7.68. The van der Waals surface area contributed by atoms with Crippen molar-refractivity contribution >= 4 is 17.6 Å². The summed E-state index contributed by atoms with van der Waals surface area (Å²) in [6.07, 6.45) is 8.86. The zero-order valence-electron chi connectivity index (χ0n) is 17.4. The normalized spacial score (nSPS) is 33.8. The van der Waals surface area contributed by atoms with Crippen LogP contribution >= 0.6 is 0 Å². The average Bonchev–Trinajstić information content (AvgIpc) is 3.05. The van der Waals surface area contributed by atoms with E-state index in [1.54, 1.807) is 13.0 Å². The molecule has 1 aromatic heterocycles. The van der Waals surface area contributed by atoms with Crippen molar-refractivity contribution in [3.05, 3.63) is 11.8 Å². The van der Waals surface area contributed by atoms with Gasteiger partial charge >= 0.3 is 0 Å². The minimum absolute atomic E-state index is 0.0911. The third-order valence-electron chi connectivity index (χ3n) is 7.68. The van der Waals surface area contributed by atoms with Crippen LogP contribution in [0.25, 0.3) is 0 Å². The van der Waals surface area contributed by atoms with E-state index in [1.807, 2.05) is 4.90 Å². The third kappa shape index (κ3) is 4.06. The second-order valence-corrected chi connectivity index (χ2v) is 10.1. The topological polar surface area (TPSA) is 78.7 Å². The maximum absolute atomic E-state index is 13.1. The Balaban J connectivity index is 1.09. The zero-order chi connectivity index (χ0) is 20.0. The van der Waals surface area contributed by atoms with Gasteiger partial charge in [0.2, 0.25) is 11.8 Å². The number of nitrogens with one attached hydrogen (secondary N) is 1. The second-order valence-electron chi connectivity index (χ2n) is 10.1. The summed E-state index contributed by atoms with van der Waals surface area (Å²) < 4.78 is 4.97. The lowest BCUT2D eigenvalue weighted by atomic mass is 9.49. The van der Waals surface area contributed by atoms with Crippen molar-refractivity contribution in [3.8, 4) is 0 Å². The fourth-order valence-corrected chi connectivity index (χ4v) is 6.91. The minimum Gasteiger partial charge on any atom is -0.360 e. The van der Waals surface area contributed by atoms with Gasteiger partial charge in [0.15, 0.2) is 5.82 Å². The largest absolute Gasteiger partial charge is 0.360 e. The van der Waals surface area contributed by atoms with E-state index in [9.17, 15) is 9.59 Å². The van der Waals surface area contributed by atoms with Crippen LogP contribution in [0.2, 0.25) is 0 Å². The first-order valence-electron chi connectivity index (χ1n) is 11.2. The van der Waals surface area contributed by atoms with Crippen LogP contribution in [0.1, 0.15) is 50.7 Å². The SMILES string of the molecule is Cc1cc(NC(=O)CN2CCN(C(=O)CC34CC5CC(CC(C5)C3)C4)CC2)no1. The zero-order valence-corrected chi connectivity index (χ0v) is 17.4. The van der Waals surface area contributed by atoms with Gasteiger partial charge < -0.3 is 14.7 Å². The van der Waals surface area contributed by atoms with Crippen molar-refractivity contribution in [2.24, 2.45) is 23.2 Å². The maximum atomic E-state index is 13.1. The molecule has 29 heavy (non-hydrogen) atoms. The number of rotatable bonds is 5. The van der Waals surface area contributed by atoms with Gasteiger partial charge in [-0.15, -0.1) is 0 Å². The summed E-state index contributed by atoms with van der Waals surface area (Å²) >= 11 is 0. The molecule has 7 heteroatoms. The molecule has 6 rings (SSSR count). The summed E-state index contributed by atoms with van der Waals surface area (Å²) in [6, 6.07) is 1.71. The van der Waals surface area contributed by atoms with Gasteiger partial charge in [0.05, 0.1) is 6.54 Å². The van der Waals surface area contributed by atoms with E-state index in [4.69, 9.17) is 4.52 Å². The number of hydrogen-bond acceptors (Lipinski definition) is 5. The maximum Gasteiger partial charge on any atom is 0.239 e. The van der Waals surface area contributed by atoms with Crippen molar-refractivity contribution in [3.63, 3.8) is 0 Å². The summed E-state index contributed by atoms with van der Waals surface area (Å²) in [5, 5.41) is 6.56. The highest BCUT2D eigenvalue weighted by Gasteiger charge is 2.51. The van der Waals surface area contributed by atoms with Crippen LogP contribution in [0, 0.1) is 30.1 Å². The predicted molar refractivity (Wildman–Crippen MR) is 108 cm³/mol. The standard InChI is InChI=1S/C22H32N4O3/c1-15-6-19(24-29-15)23-20(27)14-25-2-4-26(5-3-25)21(28)13-22-10-16-7-17(11-22)9-18(8-16)12-22/h6,16-18H,2-5,7-14H2,1H3,(H,23,24,27). The Labute approximate surface area is 172 Å². The number of nitrogens with zero attached hydrogens (tertiary/aromatic N) is 3. The number of carbonyl (C=O) groups is 2. The first-order valence-corrected chi connectivity index (χ1v) is 11.2. The highest BCUT2D eigenvalue weighted by molar-refractivity contribution is 5.91. The Bertz CT molecular complexity index is 745. The molecule has 1 aromatic rings. The average molecular weight is 401 g/mol. The number of aromatic nitrogens is 1. The predicted octanol–water partition coefficient (Wildman–Crippen LogP) is 2.67. The number of aryl methyl sites for hydroxylation is 1. The second kappa shape index (κ2) is 7.42. The van der Waals surface area contributed by atoms with Gasteiger partial charge in [0.25, 0.3) is 0 Å². The molecule has 7 nitrogen and oxygen atoms in total. The smallest absolute Gasteiger partial charge is 0.239 e. The monoisotopic (exact) mass is 400 g/mol. The van der Waals surface area contributed by atoms with Crippen LogP contribution in [0.4, 0.5) is 5.82 Å². The van der Waals surface area contributed by atoms with Crippen LogP contribution in [-0.2, 0) is 9.59 Å². The minimum atomic E-state index is -0.0911. The summed E-state index contributed by atoms with van der Waals surface area (Å²) in [4.78, 5) is 29.4. The molecule has 0 unspecified atom stereocenters. The van der Waals surface area contributed by atoms with Crippen LogP contribution < -0.4 is 5.32 Å². The molecule has 5 fully saturated rings. The van der Waals surface area contributed by atoms with E-state index >= 15 is 0 Å². The van der Waals surface area contributed by atoms with Gasteiger partial charge in [0, 0.05) is 38.7 Å². The van der Waals surface area contributed by atoms with E-state index in [-0.39, 0.29) is 5.91 Å². The Hall–Kier alpha value is -1.89. The number of carbonyl (C=O) groups excluding carboxylic acids is 2. The molecular weight excluding hydrogens is 368 g/mol. The number of amides is 2. The van der Waals surface area contributed by atoms with E-state index in [2.05, 4.69) is 15.4 Å². The molecule has 0 spiro atoms. The van der Waals surface area contributed by atoms with Crippen molar-refractivity contribution in [2.45, 2.75) is 51.9 Å². The van der Waals surface area contributed by atoms with Crippen LogP contribution in [0.5, 0.6) is 0 Å². The molecule has 2 amide bonds. The van der Waals surface area contributed by atoms with Crippen molar-refractivity contribution in [2.75, 3.05) is 38.0 Å². The fourth-order valence-electron chi connectivity index (χ4n) is 6.91. The van der Waals surface area contributed by atoms with Crippen LogP contribution in [-0.4, -0.2) is 59.5 Å². The van der Waals surface area contributed by atoms with Crippen molar-refractivity contribution in [1.29, 1.82) is 0 Å². The Morgan fingerprint density at radius 1 is 1.10 bits per heavy atom. The lowest BCUT2D eigenvalue weighted by molar-refractivity contribution is -0.141. The Kier molecular flexibility index (Phi) is 4.88. The highest BCUT2D eigenvalue weighted by atomic mass is 16.5. The van der Waals surface area contributed by atoms with Gasteiger partial charge in [0.1, 0.15) is 5.76 Å². The van der Waals surface area contributed by atoms with Crippen molar-refractivity contribution < 1.29 is 14.1 Å². The summed E-state index contributed by atoms with van der Waals surface area (Å²) in [5.41, 5.74) is 0.304. The molecule has 0 atom stereocenters. The number of piperazine rings is 1. The lowest BCUT2D eigenvalue weighted by Gasteiger charge is -2.57. The van der Waals surface area contributed by atoms with E-state index in [1.165, 1.54) is 38.5 Å². The Morgan fingerprint density at radius 3 is 2.28 bits per heavy atom. The molecular formula is C22H32N4O3. The summed E-state index contributed by atoms with van der Waals surface area (Å²) in [7, 11) is 0. The lowest BCUT2D eigenvalue weighted by Crippen LogP contribution is -2.53. The Morgan fingerprint density at radius 2 is 1.72 bits per heavy atom. The van der Waals surface area contributed by atoms with Gasteiger partial charge in [-0.2, -0.15) is 0 Å². The van der Waals surface area contributed by atoms with E-state index in [0.29, 0.717) is 29.4 Å².